The summed E-state index contributed by atoms with van der Waals surface area (Å²) < 4.78 is 87.5. The highest BCUT2D eigenvalue weighted by Gasteiger charge is 2.41. The molecule has 16 heteroatoms. The van der Waals surface area contributed by atoms with Crippen molar-refractivity contribution in [2.24, 2.45) is 0 Å². The number of fused-ring (bicyclic) bond motifs is 1. The van der Waals surface area contributed by atoms with Crippen LogP contribution in [-0.4, -0.2) is 75.9 Å². The van der Waals surface area contributed by atoms with Crippen molar-refractivity contribution in [1.82, 2.24) is 29.2 Å². The van der Waals surface area contributed by atoms with Gasteiger partial charge in [-0.25, -0.2) is 27.3 Å². The maximum atomic E-state index is 14.7. The summed E-state index contributed by atoms with van der Waals surface area (Å²) >= 11 is 0. The van der Waals surface area contributed by atoms with E-state index in [9.17, 15) is 30.8 Å². The molecular formula is C21H23F4N7O4S. The molecule has 0 aromatic carbocycles. The molecule has 1 aliphatic rings. The van der Waals surface area contributed by atoms with Gasteiger partial charge in [0.1, 0.15) is 23.6 Å². The number of sulfonamides is 1. The van der Waals surface area contributed by atoms with Gasteiger partial charge in [0, 0.05) is 24.8 Å². The number of hydrogen-bond acceptors (Lipinski definition) is 8. The minimum atomic E-state index is -4.77. The number of nitrogens with two attached hydrogens (primary N) is 1. The Hall–Kier alpha value is -3.53. The molecule has 4 heterocycles. The number of nitrogen functional groups attached to an aromatic ring is 1. The molecule has 1 aliphatic heterocycles. The number of amides is 1. The molecule has 0 aliphatic carbocycles. The van der Waals surface area contributed by atoms with E-state index in [4.69, 9.17) is 10.5 Å². The molecule has 37 heavy (non-hydrogen) atoms. The van der Waals surface area contributed by atoms with E-state index in [1.54, 1.807) is 0 Å². The number of alkyl halides is 4. The van der Waals surface area contributed by atoms with Gasteiger partial charge in [-0.3, -0.25) is 4.79 Å². The highest BCUT2D eigenvalue weighted by atomic mass is 32.2. The van der Waals surface area contributed by atoms with Gasteiger partial charge in [-0.1, -0.05) is 0 Å². The second-order valence-corrected chi connectivity index (χ2v) is 11.1. The monoisotopic (exact) mass is 545 g/mol. The maximum absolute atomic E-state index is 14.7. The first-order valence-electron chi connectivity index (χ1n) is 10.9. The van der Waals surface area contributed by atoms with Gasteiger partial charge < -0.3 is 15.8 Å². The Bertz CT molecular complexity index is 1460. The van der Waals surface area contributed by atoms with Crippen LogP contribution >= 0.6 is 0 Å². The number of carbonyl (C=O) groups is 1. The van der Waals surface area contributed by atoms with Crippen LogP contribution < -0.4 is 15.8 Å². The molecule has 0 bridgehead atoms. The average molecular weight is 546 g/mol. The summed E-state index contributed by atoms with van der Waals surface area (Å²) in [5.74, 6) is -1.43. The van der Waals surface area contributed by atoms with Gasteiger partial charge in [0.25, 0.3) is 5.91 Å². The summed E-state index contributed by atoms with van der Waals surface area (Å²) in [6, 6.07) is 0.855. The van der Waals surface area contributed by atoms with Crippen LogP contribution in [-0.2, 0) is 16.2 Å². The Kier molecular flexibility index (Phi) is 6.74. The molecule has 1 amide bonds. The van der Waals surface area contributed by atoms with E-state index in [1.165, 1.54) is 33.2 Å². The van der Waals surface area contributed by atoms with Gasteiger partial charge in [-0.2, -0.15) is 22.6 Å². The first kappa shape index (κ1) is 26.5. The maximum Gasteiger partial charge on any atom is 0.418 e. The van der Waals surface area contributed by atoms with E-state index in [2.05, 4.69) is 20.4 Å². The number of anilines is 1. The number of halogens is 4. The second kappa shape index (κ2) is 9.41. The fourth-order valence-electron chi connectivity index (χ4n) is 4.03. The largest absolute Gasteiger partial charge is 0.480 e. The van der Waals surface area contributed by atoms with Crippen molar-refractivity contribution >= 4 is 27.3 Å². The Balaban J connectivity index is 1.70. The van der Waals surface area contributed by atoms with Crippen LogP contribution in [0.5, 0.6) is 5.88 Å². The molecule has 0 saturated carbocycles. The van der Waals surface area contributed by atoms with E-state index < -0.39 is 63.0 Å². The zero-order valence-corrected chi connectivity index (χ0v) is 20.6. The van der Waals surface area contributed by atoms with Crippen LogP contribution in [0.4, 0.5) is 23.4 Å². The zero-order valence-electron chi connectivity index (χ0n) is 19.8. The first-order chi connectivity index (χ1) is 17.3. The van der Waals surface area contributed by atoms with Crippen molar-refractivity contribution in [2.75, 3.05) is 25.9 Å². The van der Waals surface area contributed by atoms with Crippen molar-refractivity contribution in [3.05, 3.63) is 35.8 Å². The molecule has 0 unspecified atom stereocenters. The number of ether oxygens (including phenoxy) is 1. The number of hydrogen-bond donors (Lipinski definition) is 2. The lowest BCUT2D eigenvalue weighted by Gasteiger charge is -2.19. The van der Waals surface area contributed by atoms with E-state index in [0.29, 0.717) is 0 Å². The van der Waals surface area contributed by atoms with Gasteiger partial charge in [0.05, 0.1) is 29.7 Å². The third kappa shape index (κ3) is 4.77. The molecule has 11 nitrogen and oxygen atoms in total. The molecule has 200 valence electrons. The smallest absolute Gasteiger partial charge is 0.418 e. The van der Waals surface area contributed by atoms with Gasteiger partial charge in [0.2, 0.25) is 15.9 Å². The summed E-state index contributed by atoms with van der Waals surface area (Å²) in [5.41, 5.74) is 3.90. The van der Waals surface area contributed by atoms with Crippen LogP contribution in [0.2, 0.25) is 0 Å². The number of methoxy groups -OCH3 is 1. The first-order valence-corrected chi connectivity index (χ1v) is 12.4. The van der Waals surface area contributed by atoms with Crippen molar-refractivity contribution < 1.29 is 35.5 Å². The summed E-state index contributed by atoms with van der Waals surface area (Å²) in [5, 5.41) is 5.53. The van der Waals surface area contributed by atoms with E-state index in [1.807, 2.05) is 0 Å². The number of nitrogens with one attached hydrogen (secondary N) is 1. The third-order valence-electron chi connectivity index (χ3n) is 5.96. The number of nitrogens with zero attached hydrogens (tertiary/aromatic N) is 5. The lowest BCUT2D eigenvalue weighted by atomic mass is 10.1. The van der Waals surface area contributed by atoms with Crippen molar-refractivity contribution in [1.29, 1.82) is 0 Å². The fourth-order valence-corrected chi connectivity index (χ4v) is 5.34. The molecule has 2 atom stereocenters. The van der Waals surface area contributed by atoms with E-state index >= 15 is 0 Å². The lowest BCUT2D eigenvalue weighted by molar-refractivity contribution is -0.136. The van der Waals surface area contributed by atoms with Gasteiger partial charge in [-0.15, -0.1) is 0 Å². The van der Waals surface area contributed by atoms with Crippen molar-refractivity contribution in [2.45, 2.75) is 37.5 Å². The Labute approximate surface area is 208 Å². The Morgan fingerprint density at radius 3 is 2.57 bits per heavy atom. The van der Waals surface area contributed by atoms with E-state index in [0.717, 1.165) is 21.2 Å². The van der Waals surface area contributed by atoms with E-state index in [-0.39, 0.29) is 29.2 Å². The molecule has 3 aromatic rings. The van der Waals surface area contributed by atoms with Crippen LogP contribution in [0.1, 0.15) is 29.8 Å². The van der Waals surface area contributed by atoms with Crippen molar-refractivity contribution in [3.8, 4) is 17.1 Å². The predicted molar refractivity (Wildman–Crippen MR) is 124 cm³/mol. The Morgan fingerprint density at radius 2 is 1.95 bits per heavy atom. The standard InChI is InChI=1S/C21H23F4N7O4S/c1-10(2)37(34,35)31-7-14(22)15(8-31)30-19(33)12-4-11(6-27-20(12)36-3)16-5-13(21(23,24)25)17-18(26)28-9-29-32(16)17/h4-6,9-10,14-15H,7-8H2,1-3H3,(H,30,33)(H2,26,28,29)/t14-,15-/m0/s1. The second-order valence-electron chi connectivity index (χ2n) is 8.63. The summed E-state index contributed by atoms with van der Waals surface area (Å²) in [7, 11) is -2.52. The highest BCUT2D eigenvalue weighted by Crippen LogP contribution is 2.39. The Morgan fingerprint density at radius 1 is 1.24 bits per heavy atom. The normalized spacial score (nSPS) is 19.0. The molecule has 0 spiro atoms. The topological polar surface area (TPSA) is 145 Å². The number of carbonyl (C=O) groups excluding carboxylic acids is 1. The van der Waals surface area contributed by atoms with Crippen molar-refractivity contribution in [3.63, 3.8) is 0 Å². The zero-order chi connectivity index (χ0) is 27.3. The molecule has 3 aromatic heterocycles. The molecule has 1 saturated heterocycles. The number of rotatable bonds is 6. The molecule has 0 radical (unpaired) electrons. The van der Waals surface area contributed by atoms with Gasteiger partial charge >= 0.3 is 6.18 Å². The average Bonchev–Trinajstić information content (AvgIpc) is 3.40. The molecule has 1 fully saturated rings. The summed E-state index contributed by atoms with van der Waals surface area (Å²) in [6.07, 6.45) is -4.29. The minimum Gasteiger partial charge on any atom is -0.480 e. The number of pyridine rings is 1. The van der Waals surface area contributed by atoms with Gasteiger partial charge in [0.15, 0.2) is 5.82 Å². The lowest BCUT2D eigenvalue weighted by Crippen LogP contribution is -2.42. The minimum absolute atomic E-state index is 0.0572. The third-order valence-corrected chi connectivity index (χ3v) is 8.17. The SMILES string of the molecule is COc1ncc(-c2cc(C(F)(F)F)c3c(N)ncnn23)cc1C(=O)N[C@H]1CN(S(=O)(=O)C(C)C)C[C@@H]1F. The molecule has 4 rings (SSSR count). The van der Waals surface area contributed by atoms with Crippen LogP contribution in [0.15, 0.2) is 24.7 Å². The highest BCUT2D eigenvalue weighted by molar-refractivity contribution is 7.89. The molecule has 3 N–H and O–H groups in total. The number of aromatic nitrogens is 4. The summed E-state index contributed by atoms with van der Waals surface area (Å²) in [6.45, 7) is 2.23. The summed E-state index contributed by atoms with van der Waals surface area (Å²) in [4.78, 5) is 20.7. The van der Waals surface area contributed by atoms with Crippen LogP contribution in [0.3, 0.4) is 0 Å². The van der Waals surface area contributed by atoms with Crippen LogP contribution in [0.25, 0.3) is 16.8 Å². The van der Waals surface area contributed by atoms with Crippen LogP contribution in [0, 0.1) is 0 Å². The van der Waals surface area contributed by atoms with Gasteiger partial charge in [-0.05, 0) is 26.0 Å². The fraction of sp³-hybridized carbons (Fsp3) is 0.429. The molecular weight excluding hydrogens is 522 g/mol. The predicted octanol–water partition coefficient (Wildman–Crippen LogP) is 1.89. The quantitative estimate of drug-likeness (QED) is 0.447.